The van der Waals surface area contributed by atoms with E-state index in [0.717, 1.165) is 15.5 Å². The molecule has 6 nitrogen and oxygen atoms in total. The lowest BCUT2D eigenvalue weighted by molar-refractivity contribution is 0.602. The molecule has 0 radical (unpaired) electrons. The Bertz CT molecular complexity index is 842. The third-order valence-corrected chi connectivity index (χ3v) is 5.67. The highest BCUT2D eigenvalue weighted by Crippen LogP contribution is 2.27. The topological polar surface area (TPSA) is 84.8 Å². The minimum atomic E-state index is -3.72. The van der Waals surface area contributed by atoms with Crippen molar-refractivity contribution < 1.29 is 8.42 Å². The molecule has 0 bridgehead atoms. The molecule has 2 aromatic heterocycles. The number of halogens is 1. The van der Waals surface area contributed by atoms with Crippen LogP contribution in [-0.2, 0) is 10.0 Å². The number of hydrogen-bond acceptors (Lipinski definition) is 7. The van der Waals surface area contributed by atoms with Crippen LogP contribution in [0.5, 0.6) is 0 Å². The van der Waals surface area contributed by atoms with E-state index < -0.39 is 10.0 Å². The van der Waals surface area contributed by atoms with Crippen LogP contribution in [0.25, 0.3) is 11.0 Å². The van der Waals surface area contributed by atoms with Crippen molar-refractivity contribution in [2.75, 3.05) is 4.72 Å². The first kappa shape index (κ1) is 12.9. The zero-order valence-corrected chi connectivity index (χ0v) is 13.1. The van der Waals surface area contributed by atoms with E-state index in [1.54, 1.807) is 12.1 Å². The fourth-order valence-electron chi connectivity index (χ4n) is 1.47. The van der Waals surface area contributed by atoms with Crippen molar-refractivity contribution in [1.29, 1.82) is 0 Å². The van der Waals surface area contributed by atoms with Gasteiger partial charge in [-0.05, 0) is 28.1 Å². The van der Waals surface area contributed by atoms with Crippen molar-refractivity contribution >= 4 is 65.2 Å². The van der Waals surface area contributed by atoms with Crippen LogP contribution < -0.4 is 4.72 Å². The third kappa shape index (κ3) is 2.48. The number of rotatable bonds is 3. The van der Waals surface area contributed by atoms with Crippen LogP contribution >= 0.6 is 39.0 Å². The lowest BCUT2D eigenvalue weighted by Crippen LogP contribution is -2.13. The summed E-state index contributed by atoms with van der Waals surface area (Å²) in [4.78, 5) is 4.04. The van der Waals surface area contributed by atoms with Crippen molar-refractivity contribution in [3.05, 3.63) is 28.2 Å². The summed E-state index contributed by atoms with van der Waals surface area (Å²) >= 11 is 5.41. The number of nitrogens with one attached hydrogen (secondary N) is 1. The zero-order chi connectivity index (χ0) is 13.5. The van der Waals surface area contributed by atoms with Gasteiger partial charge in [0.25, 0.3) is 10.0 Å². The Kier molecular flexibility index (Phi) is 3.25. The van der Waals surface area contributed by atoms with E-state index in [2.05, 4.69) is 34.4 Å². The van der Waals surface area contributed by atoms with Gasteiger partial charge >= 0.3 is 0 Å². The summed E-state index contributed by atoms with van der Waals surface area (Å²) in [5.74, 6) is 0. The summed E-state index contributed by atoms with van der Waals surface area (Å²) in [6, 6.07) is 4.85. The molecule has 1 N–H and O–H groups in total. The number of fused-ring (bicyclic) bond motifs is 1. The summed E-state index contributed by atoms with van der Waals surface area (Å²) in [6.07, 6.45) is 1.54. The standard InChI is InChI=1S/C9H5BrN4O2S3/c10-7-4-11-9(17-7)14-19(15,16)6-3-1-2-5-8(6)13-18-12-5/h1-4H,(H,11,14). The lowest BCUT2D eigenvalue weighted by Gasteiger charge is -2.04. The monoisotopic (exact) mass is 376 g/mol. The van der Waals surface area contributed by atoms with Crippen molar-refractivity contribution in [3.63, 3.8) is 0 Å². The first-order valence-corrected chi connectivity index (χ1v) is 8.74. The highest BCUT2D eigenvalue weighted by Gasteiger charge is 2.20. The maximum absolute atomic E-state index is 12.3. The maximum Gasteiger partial charge on any atom is 0.265 e. The molecular weight excluding hydrogens is 372 g/mol. The van der Waals surface area contributed by atoms with Gasteiger partial charge in [0, 0.05) is 0 Å². The molecule has 0 aliphatic carbocycles. The fourth-order valence-corrected chi connectivity index (χ4v) is 4.59. The van der Waals surface area contributed by atoms with E-state index in [1.807, 2.05) is 0 Å². The number of benzene rings is 1. The van der Waals surface area contributed by atoms with Gasteiger partial charge in [-0.1, -0.05) is 17.4 Å². The number of hydrogen-bond donors (Lipinski definition) is 1. The molecule has 0 atom stereocenters. The first-order valence-electron chi connectivity index (χ1n) is 4.92. The fraction of sp³-hybridized carbons (Fsp3) is 0. The highest BCUT2D eigenvalue weighted by molar-refractivity contribution is 9.11. The molecule has 0 unspecified atom stereocenters. The van der Waals surface area contributed by atoms with Crippen LogP contribution in [0.15, 0.2) is 33.1 Å². The molecule has 3 aromatic rings. The Morgan fingerprint density at radius 1 is 1.26 bits per heavy atom. The largest absolute Gasteiger partial charge is 0.265 e. The molecule has 3 rings (SSSR count). The van der Waals surface area contributed by atoms with Crippen LogP contribution in [0.3, 0.4) is 0 Å². The molecule has 10 heteroatoms. The Balaban J connectivity index is 2.07. The normalized spacial score (nSPS) is 11.8. The molecule has 1 aromatic carbocycles. The molecule has 0 fully saturated rings. The van der Waals surface area contributed by atoms with Gasteiger partial charge in [-0.2, -0.15) is 8.75 Å². The summed E-state index contributed by atoms with van der Waals surface area (Å²) < 4.78 is 35.8. The second-order valence-electron chi connectivity index (χ2n) is 3.46. The SMILES string of the molecule is O=S(=O)(Nc1ncc(Br)s1)c1cccc2nsnc12. The summed E-state index contributed by atoms with van der Waals surface area (Å²) in [5.41, 5.74) is 0.934. The lowest BCUT2D eigenvalue weighted by atomic mass is 10.3. The molecule has 0 saturated carbocycles. The van der Waals surface area contributed by atoms with E-state index in [4.69, 9.17) is 0 Å². The summed E-state index contributed by atoms with van der Waals surface area (Å²) in [6.45, 7) is 0. The van der Waals surface area contributed by atoms with E-state index in [-0.39, 0.29) is 4.90 Å². The zero-order valence-electron chi connectivity index (χ0n) is 9.07. The van der Waals surface area contributed by atoms with E-state index in [0.29, 0.717) is 16.2 Å². The van der Waals surface area contributed by atoms with Gasteiger partial charge in [-0.25, -0.2) is 13.4 Å². The molecule has 0 aliphatic heterocycles. The van der Waals surface area contributed by atoms with Gasteiger partial charge in [0.05, 0.1) is 21.7 Å². The van der Waals surface area contributed by atoms with Gasteiger partial charge in [0.1, 0.15) is 15.9 Å². The first-order chi connectivity index (χ1) is 9.06. The summed E-state index contributed by atoms with van der Waals surface area (Å²) in [5, 5.41) is 0.298. The van der Waals surface area contributed by atoms with Gasteiger partial charge in [-0.3, -0.25) is 4.72 Å². The van der Waals surface area contributed by atoms with Crippen LogP contribution in [0, 0.1) is 0 Å². The van der Waals surface area contributed by atoms with Crippen LogP contribution in [0.1, 0.15) is 0 Å². The molecular formula is C9H5BrN4O2S3. The predicted molar refractivity (Wildman–Crippen MR) is 78.0 cm³/mol. The van der Waals surface area contributed by atoms with Crippen LogP contribution in [0.4, 0.5) is 5.13 Å². The van der Waals surface area contributed by atoms with Crippen molar-refractivity contribution in [2.24, 2.45) is 0 Å². The van der Waals surface area contributed by atoms with Crippen LogP contribution in [-0.4, -0.2) is 22.1 Å². The van der Waals surface area contributed by atoms with E-state index in [9.17, 15) is 8.42 Å². The quantitative estimate of drug-likeness (QED) is 0.759. The number of aromatic nitrogens is 3. The number of nitrogens with zero attached hydrogens (tertiary/aromatic N) is 3. The maximum atomic E-state index is 12.3. The molecule has 0 saturated heterocycles. The Labute approximate surface area is 125 Å². The number of sulfonamides is 1. The Hall–Kier alpha value is -1.10. The number of thiazole rings is 1. The van der Waals surface area contributed by atoms with Crippen molar-refractivity contribution in [2.45, 2.75) is 4.90 Å². The van der Waals surface area contributed by atoms with Crippen LogP contribution in [0.2, 0.25) is 0 Å². The Morgan fingerprint density at radius 2 is 2.11 bits per heavy atom. The molecule has 2 heterocycles. The molecule has 0 spiro atoms. The van der Waals surface area contributed by atoms with Gasteiger partial charge < -0.3 is 0 Å². The molecule has 0 amide bonds. The van der Waals surface area contributed by atoms with Gasteiger partial charge in [0.2, 0.25) is 0 Å². The minimum Gasteiger partial charge on any atom is -0.255 e. The predicted octanol–water partition coefficient (Wildman–Crippen LogP) is 2.71. The minimum absolute atomic E-state index is 0.102. The molecule has 0 aliphatic rings. The van der Waals surface area contributed by atoms with Gasteiger partial charge in [-0.15, -0.1) is 0 Å². The average Bonchev–Trinajstić information content (AvgIpc) is 2.96. The average molecular weight is 377 g/mol. The van der Waals surface area contributed by atoms with E-state index in [1.165, 1.54) is 23.6 Å². The van der Waals surface area contributed by atoms with Gasteiger partial charge in [0.15, 0.2) is 5.13 Å². The second kappa shape index (κ2) is 4.78. The Morgan fingerprint density at radius 3 is 2.84 bits per heavy atom. The number of anilines is 1. The van der Waals surface area contributed by atoms with Crippen molar-refractivity contribution in [1.82, 2.24) is 13.7 Å². The highest BCUT2D eigenvalue weighted by atomic mass is 79.9. The van der Waals surface area contributed by atoms with E-state index >= 15 is 0 Å². The molecule has 98 valence electrons. The second-order valence-corrected chi connectivity index (χ2v) is 8.05. The molecule has 19 heavy (non-hydrogen) atoms. The van der Waals surface area contributed by atoms with Crippen molar-refractivity contribution in [3.8, 4) is 0 Å². The smallest absolute Gasteiger partial charge is 0.255 e. The summed E-state index contributed by atoms with van der Waals surface area (Å²) in [7, 11) is -3.72. The third-order valence-electron chi connectivity index (χ3n) is 2.24.